The number of rotatable bonds is 4. The van der Waals surface area contributed by atoms with Crippen molar-refractivity contribution in [1.82, 2.24) is 0 Å². The Bertz CT molecular complexity index is 946. The van der Waals surface area contributed by atoms with Gasteiger partial charge in [0.1, 0.15) is 0 Å². The molecule has 124 valence electrons. The monoisotopic (exact) mass is 472 g/mol. The molecule has 25 heavy (non-hydrogen) atoms. The van der Waals surface area contributed by atoms with Gasteiger partial charge in [-0.2, -0.15) is 0 Å². The molecule has 0 spiro atoms. The molecule has 0 aliphatic carbocycles. The first-order chi connectivity index (χ1) is 12.1. The molecule has 0 heterocycles. The van der Waals surface area contributed by atoms with Crippen LogP contribution in [0.2, 0.25) is 0 Å². The summed E-state index contributed by atoms with van der Waals surface area (Å²) in [5, 5.41) is 5.04. The van der Waals surface area contributed by atoms with Gasteiger partial charge in [-0.25, -0.2) is 0 Å². The Morgan fingerprint density at radius 2 is 0.920 bits per heavy atom. The molecule has 0 bridgehead atoms. The second-order valence-electron chi connectivity index (χ2n) is 6.49. The van der Waals surface area contributed by atoms with Gasteiger partial charge in [0, 0.05) is 0 Å². The van der Waals surface area contributed by atoms with Crippen molar-refractivity contribution >= 4 is 55.5 Å². The van der Waals surface area contributed by atoms with Crippen LogP contribution in [0, 0.1) is 0 Å². The fourth-order valence-corrected chi connectivity index (χ4v) is 12.7. The molecule has 0 aromatic heterocycles. The van der Waals surface area contributed by atoms with Gasteiger partial charge in [0.05, 0.1) is 0 Å². The van der Waals surface area contributed by atoms with E-state index in [1.807, 2.05) is 0 Å². The van der Waals surface area contributed by atoms with Gasteiger partial charge in [0.2, 0.25) is 0 Å². The molecule has 0 aliphatic heterocycles. The van der Waals surface area contributed by atoms with E-state index in [2.05, 4.69) is 84.9 Å². The Morgan fingerprint density at radius 3 is 1.40 bits per heavy atom. The topological polar surface area (TPSA) is 0 Å². The molecule has 4 aromatic carbocycles. The van der Waals surface area contributed by atoms with Gasteiger partial charge in [0.15, 0.2) is 0 Å². The summed E-state index contributed by atoms with van der Waals surface area (Å²) in [7, 11) is 14.0. The van der Waals surface area contributed by atoms with E-state index in [0.717, 1.165) is 8.87 Å². The summed E-state index contributed by atoms with van der Waals surface area (Å²) in [4.78, 5) is 0. The van der Waals surface area contributed by atoms with Crippen molar-refractivity contribution in [2.24, 2.45) is 0 Å². The zero-order valence-electron chi connectivity index (χ0n) is 13.8. The fourth-order valence-electron chi connectivity index (χ4n) is 3.51. The predicted molar refractivity (Wildman–Crippen MR) is 113 cm³/mol. The van der Waals surface area contributed by atoms with Crippen LogP contribution in [0.5, 0.6) is 0 Å². The van der Waals surface area contributed by atoms with Gasteiger partial charge in [0.25, 0.3) is 0 Å². The first-order valence-electron chi connectivity index (χ1n) is 8.43. The van der Waals surface area contributed by atoms with Crippen molar-refractivity contribution in [1.29, 1.82) is 0 Å². The summed E-state index contributed by atoms with van der Waals surface area (Å²) >= 11 is -3.31. The van der Waals surface area contributed by atoms with E-state index in [4.69, 9.17) is 17.8 Å². The molecule has 0 unspecified atom stereocenters. The molecule has 0 N–H and O–H groups in total. The number of fused-ring (bicyclic) bond motifs is 2. The second-order valence-corrected chi connectivity index (χ2v) is 24.4. The maximum atomic E-state index is 6.98. The molecule has 0 saturated heterocycles. The number of hydrogen-bond acceptors (Lipinski definition) is 0. The summed E-state index contributed by atoms with van der Waals surface area (Å²) in [6.07, 6.45) is 0. The third kappa shape index (κ3) is 3.81. The molecule has 0 aliphatic rings. The Hall–Kier alpha value is -1.22. The van der Waals surface area contributed by atoms with Crippen LogP contribution in [0.3, 0.4) is 0 Å². The molecule has 4 aromatic rings. The molecular weight excluding hydrogens is 454 g/mol. The van der Waals surface area contributed by atoms with Crippen LogP contribution in [0.25, 0.3) is 21.5 Å². The van der Waals surface area contributed by atoms with E-state index in [1.165, 1.54) is 32.7 Å². The third-order valence-electron chi connectivity index (χ3n) is 4.66. The van der Waals surface area contributed by atoms with Gasteiger partial charge >= 0.3 is 160 Å². The zero-order valence-corrected chi connectivity index (χ0v) is 18.1. The molecule has 0 radical (unpaired) electrons. The van der Waals surface area contributed by atoms with Crippen molar-refractivity contribution in [3.8, 4) is 0 Å². The molecule has 0 saturated carbocycles. The maximum absolute atomic E-state index is 6.98. The molecule has 3 heteroatoms. The minimum atomic E-state index is -3.31. The van der Waals surface area contributed by atoms with Crippen molar-refractivity contribution in [3.63, 3.8) is 0 Å². The molecule has 4 rings (SSSR count). The van der Waals surface area contributed by atoms with Crippen LogP contribution >= 0.6 is 17.8 Å². The summed E-state index contributed by atoms with van der Waals surface area (Å²) in [6, 6.07) is 29.7. The Kier molecular flexibility index (Phi) is 4.94. The van der Waals surface area contributed by atoms with E-state index in [9.17, 15) is 0 Å². The first-order valence-corrected chi connectivity index (χ1v) is 19.7. The van der Waals surface area contributed by atoms with E-state index >= 15 is 0 Å². The molecule has 0 nitrogen and oxygen atoms in total. The van der Waals surface area contributed by atoms with Crippen LogP contribution in [0.1, 0.15) is 11.1 Å². The van der Waals surface area contributed by atoms with Gasteiger partial charge in [-0.1, -0.05) is 0 Å². The van der Waals surface area contributed by atoms with Gasteiger partial charge in [-0.3, -0.25) is 0 Å². The quantitative estimate of drug-likeness (QED) is 0.288. The Labute approximate surface area is 159 Å². The minimum absolute atomic E-state index is 0.822. The van der Waals surface area contributed by atoms with E-state index < -0.39 is 16.1 Å². The van der Waals surface area contributed by atoms with Gasteiger partial charge in [-0.15, -0.1) is 0 Å². The van der Waals surface area contributed by atoms with Crippen LogP contribution in [-0.2, 0) is 8.87 Å². The standard InChI is InChI=1S/2C11H9.2ClH.Sn/c2*1-9-5-4-7-10-6-2-3-8-11(9)10;;;/h2*2-8H,1H2;2*1H;/q;;;;+2/p-2. The SMILES string of the molecule is [Cl][Sn]([Cl])([CH2]c1cccc2ccccc12)[CH2]c1cccc2ccccc12. The fraction of sp³-hybridized carbons (Fsp3) is 0.0909. The van der Waals surface area contributed by atoms with Crippen LogP contribution in [-0.4, -0.2) is 16.1 Å². The summed E-state index contributed by atoms with van der Waals surface area (Å²) in [5.74, 6) is 0. The van der Waals surface area contributed by atoms with E-state index in [1.54, 1.807) is 0 Å². The first kappa shape index (κ1) is 17.2. The molecule has 0 atom stereocenters. The van der Waals surface area contributed by atoms with Gasteiger partial charge < -0.3 is 0 Å². The Morgan fingerprint density at radius 1 is 0.520 bits per heavy atom. The van der Waals surface area contributed by atoms with E-state index in [-0.39, 0.29) is 0 Å². The second kappa shape index (κ2) is 7.18. The van der Waals surface area contributed by atoms with Gasteiger partial charge in [-0.05, 0) is 0 Å². The van der Waals surface area contributed by atoms with Crippen molar-refractivity contribution in [2.75, 3.05) is 0 Å². The average Bonchev–Trinajstić information content (AvgIpc) is 2.62. The molecule has 0 fully saturated rings. The van der Waals surface area contributed by atoms with Crippen LogP contribution in [0.15, 0.2) is 84.9 Å². The number of hydrogen-bond donors (Lipinski definition) is 0. The molecule has 0 amide bonds. The van der Waals surface area contributed by atoms with Crippen LogP contribution in [0.4, 0.5) is 0 Å². The zero-order chi connectivity index (χ0) is 17.3. The van der Waals surface area contributed by atoms with Crippen LogP contribution < -0.4 is 0 Å². The number of halogens is 2. The normalized spacial score (nSPS) is 11.9. The third-order valence-corrected chi connectivity index (χ3v) is 13.4. The van der Waals surface area contributed by atoms with Crippen molar-refractivity contribution in [3.05, 3.63) is 96.1 Å². The summed E-state index contributed by atoms with van der Waals surface area (Å²) < 4.78 is 1.64. The summed E-state index contributed by atoms with van der Waals surface area (Å²) in [6.45, 7) is 0. The summed E-state index contributed by atoms with van der Waals surface area (Å²) in [5.41, 5.74) is 2.55. The average molecular weight is 472 g/mol. The predicted octanol–water partition coefficient (Wildman–Crippen LogP) is 6.78. The van der Waals surface area contributed by atoms with Crippen molar-refractivity contribution in [2.45, 2.75) is 8.87 Å². The van der Waals surface area contributed by atoms with E-state index in [0.29, 0.717) is 0 Å². The number of benzene rings is 4. The molecular formula is C22H18Cl2Sn. The van der Waals surface area contributed by atoms with Crippen molar-refractivity contribution < 1.29 is 0 Å². The Balaban J connectivity index is 1.67.